The maximum absolute atomic E-state index is 11.5. The van der Waals surface area contributed by atoms with Gasteiger partial charge in [0.2, 0.25) is 0 Å². The van der Waals surface area contributed by atoms with E-state index in [2.05, 4.69) is 6.07 Å². The second kappa shape index (κ2) is 6.99. The van der Waals surface area contributed by atoms with Crippen LogP contribution in [0.25, 0.3) is 0 Å². The van der Waals surface area contributed by atoms with Gasteiger partial charge in [-0.1, -0.05) is 30.6 Å². The molecule has 0 aliphatic rings. The van der Waals surface area contributed by atoms with Gasteiger partial charge in [0, 0.05) is 0 Å². The molecule has 0 saturated carbocycles. The van der Waals surface area contributed by atoms with Gasteiger partial charge in [0.25, 0.3) is 10.1 Å². The van der Waals surface area contributed by atoms with E-state index in [4.69, 9.17) is 9.29 Å². The van der Waals surface area contributed by atoms with Gasteiger partial charge in [-0.3, -0.25) is 9.35 Å². The summed E-state index contributed by atoms with van der Waals surface area (Å²) in [5.41, 5.74) is 3.00. The average Bonchev–Trinajstić information content (AvgIpc) is 2.35. The third-order valence-electron chi connectivity index (χ3n) is 3.03. The van der Waals surface area contributed by atoms with Crippen LogP contribution in [-0.2, 0) is 33.9 Å². The van der Waals surface area contributed by atoms with Crippen molar-refractivity contribution in [3.8, 4) is 5.75 Å². The number of rotatable bonds is 6. The highest BCUT2D eigenvalue weighted by Crippen LogP contribution is 2.25. The summed E-state index contributed by atoms with van der Waals surface area (Å²) in [6.07, 6.45) is 2.28. The topological polar surface area (TPSA) is 80.7 Å². The Labute approximate surface area is 122 Å². The zero-order valence-corrected chi connectivity index (χ0v) is 12.8. The Morgan fingerprint density at radius 1 is 1.15 bits per heavy atom. The predicted molar refractivity (Wildman–Crippen MR) is 85.2 cm³/mol. The molecule has 0 radical (unpaired) electrons. The minimum atomic E-state index is -4.37. The van der Waals surface area contributed by atoms with Crippen LogP contribution in [-0.4, -0.2) is 48.2 Å². The van der Waals surface area contributed by atoms with Gasteiger partial charge in [-0.2, -0.15) is 8.42 Å². The number of hydrogen-bond donors (Lipinski definition) is 1. The normalized spacial score (nSPS) is 11.2. The van der Waals surface area contributed by atoms with E-state index >= 15 is 0 Å². The second-order valence-electron chi connectivity index (χ2n) is 4.49. The lowest BCUT2D eigenvalue weighted by Crippen LogP contribution is -2.21. The quantitative estimate of drug-likeness (QED) is 0.281. The smallest absolute Gasteiger partial charge is 0.329 e. The van der Waals surface area contributed by atoms with Crippen LogP contribution in [0.15, 0.2) is 12.1 Å². The van der Waals surface area contributed by atoms with E-state index < -0.39 is 21.8 Å². The van der Waals surface area contributed by atoms with Crippen molar-refractivity contribution in [2.24, 2.45) is 0 Å². The van der Waals surface area contributed by atoms with Crippen LogP contribution in [0.5, 0.6) is 5.75 Å². The van der Waals surface area contributed by atoms with E-state index in [-0.39, 0.29) is 0 Å². The molecule has 0 atom stereocenters. The molecule has 0 fully saturated rings. The number of benzene rings is 1. The summed E-state index contributed by atoms with van der Waals surface area (Å²) in [5, 5.41) is 0. The Hall–Kier alpha value is -1.21. The van der Waals surface area contributed by atoms with E-state index in [9.17, 15) is 13.2 Å². The molecule has 20 heavy (non-hydrogen) atoms. The average molecular weight is 294 g/mol. The van der Waals surface area contributed by atoms with E-state index in [0.717, 1.165) is 29.3 Å². The first-order chi connectivity index (χ1) is 9.30. The Bertz CT molecular complexity index is 600. The van der Waals surface area contributed by atoms with Crippen LogP contribution < -0.4 is 4.74 Å². The maximum atomic E-state index is 11.5. The van der Waals surface area contributed by atoms with Crippen molar-refractivity contribution in [1.29, 1.82) is 0 Å². The number of carbonyl (C=O) groups excluding carboxylic acids is 1. The third-order valence-corrected chi connectivity index (χ3v) is 3.63. The summed E-state index contributed by atoms with van der Waals surface area (Å²) >= 11 is 0. The summed E-state index contributed by atoms with van der Waals surface area (Å²) in [5.74, 6) is -1.62. The minimum Gasteiger partial charge on any atom is -0.425 e. The van der Waals surface area contributed by atoms with Crippen molar-refractivity contribution in [2.75, 3.05) is 5.75 Å². The van der Waals surface area contributed by atoms with Crippen LogP contribution >= 0.6 is 0 Å². The van der Waals surface area contributed by atoms with E-state index in [1.807, 2.05) is 23.5 Å². The SMILES string of the molecule is BCc1cc(CB)c(CB)c(OC(=O)CS(=O)(=O)O)c1. The van der Waals surface area contributed by atoms with Crippen molar-refractivity contribution in [2.45, 2.75) is 19.0 Å². The molecule has 0 spiro atoms. The number of esters is 1. The van der Waals surface area contributed by atoms with Crippen molar-refractivity contribution >= 4 is 39.6 Å². The van der Waals surface area contributed by atoms with Crippen molar-refractivity contribution in [1.82, 2.24) is 0 Å². The summed E-state index contributed by atoms with van der Waals surface area (Å²) in [7, 11) is 1.58. The molecule has 1 aromatic carbocycles. The Morgan fingerprint density at radius 3 is 2.25 bits per heavy atom. The lowest BCUT2D eigenvalue weighted by Gasteiger charge is -2.14. The van der Waals surface area contributed by atoms with Gasteiger partial charge < -0.3 is 4.74 Å². The molecule has 1 N–H and O–H groups in total. The predicted octanol–water partition coefficient (Wildman–Crippen LogP) is -2.12. The summed E-state index contributed by atoms with van der Waals surface area (Å²) in [6, 6.07) is 3.82. The molecule has 0 bridgehead atoms. The molecule has 5 nitrogen and oxygen atoms in total. The fourth-order valence-corrected chi connectivity index (χ4v) is 2.44. The van der Waals surface area contributed by atoms with E-state index in [0.29, 0.717) is 12.1 Å². The molecular formula is C11H17B3O5S. The molecule has 0 amide bonds. The highest BCUT2D eigenvalue weighted by atomic mass is 32.2. The molecule has 106 valence electrons. The second-order valence-corrected chi connectivity index (χ2v) is 5.95. The Balaban J connectivity index is 3.12. The number of hydrogen-bond acceptors (Lipinski definition) is 4. The van der Waals surface area contributed by atoms with E-state index in [1.165, 1.54) is 0 Å². The van der Waals surface area contributed by atoms with Gasteiger partial charge >= 0.3 is 5.97 Å². The first kappa shape index (κ1) is 16.8. The van der Waals surface area contributed by atoms with Crippen LogP contribution in [0.4, 0.5) is 0 Å². The Morgan fingerprint density at radius 2 is 1.80 bits per heavy atom. The van der Waals surface area contributed by atoms with Crippen LogP contribution in [0, 0.1) is 0 Å². The standard InChI is InChI=1S/C11H17B3O5S/c12-3-7-1-8(4-13)9(5-14)10(2-7)19-11(15)6-20(16,17)18/h1-2H,3-6,12-14H2,(H,16,17,18). The molecule has 1 aromatic rings. The number of carbonyl (C=O) groups is 1. The minimum absolute atomic E-state index is 0.386. The first-order valence-electron chi connectivity index (χ1n) is 6.61. The maximum Gasteiger partial charge on any atom is 0.329 e. The van der Waals surface area contributed by atoms with Crippen molar-refractivity contribution in [3.63, 3.8) is 0 Å². The largest absolute Gasteiger partial charge is 0.425 e. The lowest BCUT2D eigenvalue weighted by molar-refractivity contribution is -0.131. The molecule has 0 heterocycles. The van der Waals surface area contributed by atoms with Gasteiger partial charge in [-0.15, -0.1) is 0 Å². The third kappa shape index (κ3) is 4.72. The molecule has 0 aromatic heterocycles. The number of ether oxygens (including phenoxy) is 1. The molecule has 0 aliphatic carbocycles. The highest BCUT2D eigenvalue weighted by Gasteiger charge is 2.18. The molecule has 0 saturated heterocycles. The summed E-state index contributed by atoms with van der Waals surface area (Å²) < 4.78 is 35.2. The highest BCUT2D eigenvalue weighted by molar-refractivity contribution is 7.86. The first-order valence-corrected chi connectivity index (χ1v) is 8.22. The van der Waals surface area contributed by atoms with Crippen LogP contribution in [0.2, 0.25) is 0 Å². The van der Waals surface area contributed by atoms with Gasteiger partial charge in [0.05, 0.1) is 0 Å². The van der Waals surface area contributed by atoms with Gasteiger partial charge in [0.15, 0.2) is 5.75 Å². The monoisotopic (exact) mass is 294 g/mol. The summed E-state index contributed by atoms with van der Waals surface area (Å²) in [6.45, 7) is 0. The van der Waals surface area contributed by atoms with Crippen molar-refractivity contribution in [3.05, 3.63) is 28.8 Å². The zero-order chi connectivity index (χ0) is 15.3. The fourth-order valence-electron chi connectivity index (χ4n) is 2.08. The molecule has 0 unspecified atom stereocenters. The molecule has 0 aliphatic heterocycles. The molecular weight excluding hydrogens is 277 g/mol. The van der Waals surface area contributed by atoms with Crippen LogP contribution in [0.1, 0.15) is 16.7 Å². The van der Waals surface area contributed by atoms with Gasteiger partial charge in [-0.05, 0) is 17.2 Å². The van der Waals surface area contributed by atoms with Gasteiger partial charge in [0.1, 0.15) is 29.3 Å². The van der Waals surface area contributed by atoms with E-state index in [1.54, 1.807) is 6.07 Å². The lowest BCUT2D eigenvalue weighted by atomic mass is 9.83. The fraction of sp³-hybridized carbons (Fsp3) is 0.364. The Kier molecular flexibility index (Phi) is 5.89. The zero-order valence-electron chi connectivity index (χ0n) is 12.0. The van der Waals surface area contributed by atoms with Crippen LogP contribution in [0.3, 0.4) is 0 Å². The molecule has 1 rings (SSSR count). The van der Waals surface area contributed by atoms with Crippen molar-refractivity contribution < 1.29 is 22.5 Å². The summed E-state index contributed by atoms with van der Waals surface area (Å²) in [4.78, 5) is 11.5. The van der Waals surface area contributed by atoms with Gasteiger partial charge in [-0.25, -0.2) is 0 Å². The molecule has 9 heteroatoms.